The van der Waals surface area contributed by atoms with Crippen LogP contribution in [0.4, 0.5) is 5.69 Å². The maximum Gasteiger partial charge on any atom is 0.132 e. The van der Waals surface area contributed by atoms with Crippen molar-refractivity contribution in [2.24, 2.45) is 0 Å². The van der Waals surface area contributed by atoms with Gasteiger partial charge in [0.2, 0.25) is 0 Å². The monoisotopic (exact) mass is 279 g/mol. The summed E-state index contributed by atoms with van der Waals surface area (Å²) in [5.41, 5.74) is 3.25. The maximum atomic E-state index is 11.8. The highest BCUT2D eigenvalue weighted by atomic mass is 16.1. The van der Waals surface area contributed by atoms with E-state index in [4.69, 9.17) is 0 Å². The van der Waals surface area contributed by atoms with Crippen LogP contribution in [0.3, 0.4) is 0 Å². The van der Waals surface area contributed by atoms with Gasteiger partial charge in [0.25, 0.3) is 0 Å². The zero-order valence-corrected chi connectivity index (χ0v) is 12.6. The molecular formula is C19H21NO. The summed E-state index contributed by atoms with van der Waals surface area (Å²) in [5.74, 6) is 0. The molecule has 21 heavy (non-hydrogen) atoms. The molecule has 2 aromatic rings. The van der Waals surface area contributed by atoms with Crippen molar-refractivity contribution in [2.45, 2.75) is 31.7 Å². The molecule has 2 aromatic carbocycles. The Morgan fingerprint density at radius 2 is 1.81 bits per heavy atom. The molecule has 0 radical (unpaired) electrons. The molecule has 0 saturated carbocycles. The predicted octanol–water partition coefficient (Wildman–Crippen LogP) is 3.59. The molecule has 0 aromatic heterocycles. The van der Waals surface area contributed by atoms with E-state index in [9.17, 15) is 4.79 Å². The minimum absolute atomic E-state index is 0.436. The Balaban J connectivity index is 1.93. The Kier molecular flexibility index (Phi) is 3.54. The average Bonchev–Trinajstić information content (AvgIpc) is 2.84. The third-order valence-electron chi connectivity index (χ3n) is 4.54. The largest absolute Gasteiger partial charge is 0.367 e. The summed E-state index contributed by atoms with van der Waals surface area (Å²) in [4.78, 5) is 14.2. The topological polar surface area (TPSA) is 20.3 Å². The zero-order chi connectivity index (χ0) is 14.9. The molecular weight excluding hydrogens is 258 g/mol. The number of fused-ring (bicyclic) bond motifs is 1. The molecule has 1 heterocycles. The number of rotatable bonds is 4. The molecule has 2 unspecified atom stereocenters. The molecule has 1 aliphatic heterocycles. The summed E-state index contributed by atoms with van der Waals surface area (Å²) in [7, 11) is 0. The summed E-state index contributed by atoms with van der Waals surface area (Å²) in [5, 5.41) is 0. The van der Waals surface area contributed by atoms with Crippen molar-refractivity contribution < 1.29 is 4.79 Å². The molecule has 2 heteroatoms. The van der Waals surface area contributed by atoms with E-state index in [0.717, 1.165) is 24.8 Å². The van der Waals surface area contributed by atoms with Gasteiger partial charge in [-0.25, -0.2) is 0 Å². The second kappa shape index (κ2) is 5.36. The normalized spacial score (nSPS) is 19.9. The molecule has 0 N–H and O–H groups in total. The first kappa shape index (κ1) is 13.9. The van der Waals surface area contributed by atoms with Crippen molar-refractivity contribution in [1.82, 2.24) is 0 Å². The van der Waals surface area contributed by atoms with Gasteiger partial charge in [-0.05, 0) is 37.5 Å². The second-order valence-electron chi connectivity index (χ2n) is 6.21. The minimum Gasteiger partial charge on any atom is -0.367 e. The fraction of sp³-hybridized carbons (Fsp3) is 0.316. The smallest absolute Gasteiger partial charge is 0.132 e. The van der Waals surface area contributed by atoms with Gasteiger partial charge in [0.1, 0.15) is 6.29 Å². The van der Waals surface area contributed by atoms with Crippen molar-refractivity contribution >= 4 is 12.0 Å². The third kappa shape index (κ3) is 2.46. The molecule has 0 amide bonds. The quantitative estimate of drug-likeness (QED) is 0.797. The van der Waals surface area contributed by atoms with E-state index in [-0.39, 0.29) is 0 Å². The van der Waals surface area contributed by atoms with Crippen molar-refractivity contribution in [2.75, 3.05) is 11.4 Å². The van der Waals surface area contributed by atoms with Crippen molar-refractivity contribution in [3.63, 3.8) is 0 Å². The fourth-order valence-corrected chi connectivity index (χ4v) is 3.24. The molecule has 3 rings (SSSR count). The second-order valence-corrected chi connectivity index (χ2v) is 6.21. The third-order valence-corrected chi connectivity index (χ3v) is 4.54. The Morgan fingerprint density at radius 3 is 2.52 bits per heavy atom. The SMILES string of the molecule is CC1Cc2ccccc2N1CC(C)(C=O)c1ccccc1. The number of nitrogens with zero attached hydrogens (tertiary/aromatic N) is 1. The van der Waals surface area contributed by atoms with Crippen LogP contribution in [0.1, 0.15) is 25.0 Å². The van der Waals surface area contributed by atoms with Crippen LogP contribution in [0.15, 0.2) is 54.6 Å². The molecule has 0 fully saturated rings. The predicted molar refractivity (Wildman–Crippen MR) is 86.8 cm³/mol. The lowest BCUT2D eigenvalue weighted by Crippen LogP contribution is -2.42. The number of benzene rings is 2. The van der Waals surface area contributed by atoms with Gasteiger partial charge in [0.05, 0.1) is 5.41 Å². The summed E-state index contributed by atoms with van der Waals surface area (Å²) < 4.78 is 0. The maximum absolute atomic E-state index is 11.8. The van der Waals surface area contributed by atoms with E-state index in [1.807, 2.05) is 37.3 Å². The van der Waals surface area contributed by atoms with Gasteiger partial charge in [-0.15, -0.1) is 0 Å². The number of carbonyl (C=O) groups excluding carboxylic acids is 1. The highest BCUT2D eigenvalue weighted by Crippen LogP contribution is 2.35. The van der Waals surface area contributed by atoms with E-state index in [1.54, 1.807) is 0 Å². The van der Waals surface area contributed by atoms with Gasteiger partial charge in [-0.3, -0.25) is 0 Å². The molecule has 0 saturated heterocycles. The lowest BCUT2D eigenvalue weighted by Gasteiger charge is -2.34. The van der Waals surface area contributed by atoms with Crippen molar-refractivity contribution in [3.8, 4) is 0 Å². The van der Waals surface area contributed by atoms with Crippen LogP contribution >= 0.6 is 0 Å². The number of hydrogen-bond acceptors (Lipinski definition) is 2. The van der Waals surface area contributed by atoms with Crippen LogP contribution in [0.5, 0.6) is 0 Å². The average molecular weight is 279 g/mol. The summed E-state index contributed by atoms with van der Waals surface area (Å²) in [6, 6.07) is 19.0. The van der Waals surface area contributed by atoms with Crippen LogP contribution in [-0.2, 0) is 16.6 Å². The van der Waals surface area contributed by atoms with Gasteiger partial charge in [0, 0.05) is 18.3 Å². The number of anilines is 1. The lowest BCUT2D eigenvalue weighted by molar-refractivity contribution is -0.111. The van der Waals surface area contributed by atoms with Crippen LogP contribution in [-0.4, -0.2) is 18.9 Å². The number of aldehydes is 1. The number of hydrogen-bond donors (Lipinski definition) is 0. The number of para-hydroxylation sites is 1. The highest BCUT2D eigenvalue weighted by Gasteiger charge is 2.34. The van der Waals surface area contributed by atoms with E-state index in [1.165, 1.54) is 11.3 Å². The number of carbonyl (C=O) groups is 1. The van der Waals surface area contributed by atoms with Crippen molar-refractivity contribution in [1.29, 1.82) is 0 Å². The molecule has 0 aliphatic carbocycles. The Morgan fingerprint density at radius 1 is 1.14 bits per heavy atom. The standard InChI is InChI=1S/C19H21NO/c1-15-12-16-8-6-7-11-18(16)20(15)13-19(2,14-21)17-9-4-3-5-10-17/h3-11,14-15H,12-13H2,1-2H3. The first-order valence-electron chi connectivity index (χ1n) is 7.50. The molecule has 0 bridgehead atoms. The van der Waals surface area contributed by atoms with Gasteiger partial charge >= 0.3 is 0 Å². The van der Waals surface area contributed by atoms with E-state index in [2.05, 4.69) is 36.1 Å². The first-order chi connectivity index (χ1) is 10.1. The molecule has 0 spiro atoms. The lowest BCUT2D eigenvalue weighted by atomic mass is 9.83. The van der Waals surface area contributed by atoms with Crippen LogP contribution in [0.25, 0.3) is 0 Å². The van der Waals surface area contributed by atoms with Gasteiger partial charge in [-0.1, -0.05) is 48.5 Å². The first-order valence-corrected chi connectivity index (χ1v) is 7.50. The molecule has 2 nitrogen and oxygen atoms in total. The summed E-state index contributed by atoms with van der Waals surface area (Å²) in [6.07, 6.45) is 2.15. The Labute approximate surface area is 126 Å². The fourth-order valence-electron chi connectivity index (χ4n) is 3.24. The van der Waals surface area contributed by atoms with E-state index in [0.29, 0.717) is 6.04 Å². The Bertz CT molecular complexity index is 637. The minimum atomic E-state index is -0.479. The Hall–Kier alpha value is -2.09. The molecule has 108 valence electrons. The summed E-state index contributed by atoms with van der Waals surface area (Å²) in [6.45, 7) is 4.98. The van der Waals surface area contributed by atoms with Gasteiger partial charge < -0.3 is 9.69 Å². The zero-order valence-electron chi connectivity index (χ0n) is 12.6. The summed E-state index contributed by atoms with van der Waals surface area (Å²) >= 11 is 0. The van der Waals surface area contributed by atoms with Crippen LogP contribution in [0, 0.1) is 0 Å². The highest BCUT2D eigenvalue weighted by molar-refractivity contribution is 5.71. The van der Waals surface area contributed by atoms with Crippen LogP contribution < -0.4 is 4.90 Å². The van der Waals surface area contributed by atoms with Crippen molar-refractivity contribution in [3.05, 3.63) is 65.7 Å². The van der Waals surface area contributed by atoms with E-state index >= 15 is 0 Å². The van der Waals surface area contributed by atoms with Crippen LogP contribution in [0.2, 0.25) is 0 Å². The molecule has 2 atom stereocenters. The van der Waals surface area contributed by atoms with Gasteiger partial charge in [-0.2, -0.15) is 0 Å². The van der Waals surface area contributed by atoms with E-state index < -0.39 is 5.41 Å². The molecule has 1 aliphatic rings. The van der Waals surface area contributed by atoms with Gasteiger partial charge in [0.15, 0.2) is 0 Å².